The second-order valence-corrected chi connectivity index (χ2v) is 4.19. The number of nitriles is 2. The Labute approximate surface area is 98.1 Å². The van der Waals surface area contributed by atoms with Gasteiger partial charge in [-0.2, -0.15) is 10.5 Å². The fraction of sp³-hybridized carbons (Fsp3) is 0.615. The van der Waals surface area contributed by atoms with Crippen molar-refractivity contribution in [3.05, 3.63) is 11.8 Å². The van der Waals surface area contributed by atoms with E-state index in [-0.39, 0.29) is 5.92 Å². The van der Waals surface area contributed by atoms with Gasteiger partial charge >= 0.3 is 0 Å². The lowest BCUT2D eigenvalue weighted by Crippen LogP contribution is -2.18. The average Bonchev–Trinajstić information content (AvgIpc) is 2.26. The summed E-state index contributed by atoms with van der Waals surface area (Å²) in [4.78, 5) is 4.11. The van der Waals surface area contributed by atoms with Crippen LogP contribution in [-0.2, 0) is 0 Å². The van der Waals surface area contributed by atoms with E-state index < -0.39 is 0 Å². The molecule has 2 unspecified atom stereocenters. The molecule has 0 aliphatic rings. The molecule has 0 aromatic heterocycles. The van der Waals surface area contributed by atoms with E-state index in [1.54, 1.807) is 19.2 Å². The molecule has 0 bridgehead atoms. The van der Waals surface area contributed by atoms with Crippen LogP contribution in [0.25, 0.3) is 0 Å². The lowest BCUT2D eigenvalue weighted by atomic mass is 9.83. The molecule has 0 rings (SSSR count). The van der Waals surface area contributed by atoms with Gasteiger partial charge in [-0.05, 0) is 24.7 Å². The number of aliphatic imine (C=N–C) groups is 1. The molecule has 0 fully saturated rings. The first kappa shape index (κ1) is 14.4. The van der Waals surface area contributed by atoms with E-state index in [0.717, 1.165) is 0 Å². The minimum atomic E-state index is 0.211. The quantitative estimate of drug-likeness (QED) is 0.524. The van der Waals surface area contributed by atoms with E-state index in [1.165, 1.54) is 0 Å². The van der Waals surface area contributed by atoms with Crippen LogP contribution in [0.5, 0.6) is 0 Å². The topological polar surface area (TPSA) is 59.9 Å². The predicted molar refractivity (Wildman–Crippen MR) is 65.6 cm³/mol. The second kappa shape index (κ2) is 7.65. The maximum Gasteiger partial charge on any atom is 0.135 e. The zero-order valence-corrected chi connectivity index (χ0v) is 10.4. The fourth-order valence-electron chi connectivity index (χ4n) is 1.61. The van der Waals surface area contributed by atoms with Crippen LogP contribution in [0.4, 0.5) is 0 Å². The molecule has 0 saturated heterocycles. The smallest absolute Gasteiger partial charge is 0.135 e. The molecule has 0 aliphatic heterocycles. The number of allylic oxidation sites excluding steroid dienone is 2. The van der Waals surface area contributed by atoms with Crippen molar-refractivity contribution in [2.24, 2.45) is 22.7 Å². The van der Waals surface area contributed by atoms with E-state index in [1.807, 2.05) is 13.0 Å². The molecule has 0 aromatic carbocycles. The van der Waals surface area contributed by atoms with Crippen LogP contribution in [0.2, 0.25) is 0 Å². The SMILES string of the molecule is C/C=C(/C#N)N=CC(C)C(CC#N)C(C)C. The second-order valence-electron chi connectivity index (χ2n) is 4.19. The molecule has 0 heterocycles. The molecule has 0 spiro atoms. The summed E-state index contributed by atoms with van der Waals surface area (Å²) < 4.78 is 0. The third kappa shape index (κ3) is 4.75. The summed E-state index contributed by atoms with van der Waals surface area (Å²) in [5.74, 6) is 0.950. The third-order valence-corrected chi connectivity index (χ3v) is 2.70. The normalized spacial score (nSPS) is 15.8. The van der Waals surface area contributed by atoms with Crippen molar-refractivity contribution in [1.82, 2.24) is 0 Å². The van der Waals surface area contributed by atoms with E-state index in [2.05, 4.69) is 24.9 Å². The van der Waals surface area contributed by atoms with Crippen molar-refractivity contribution in [2.75, 3.05) is 0 Å². The Morgan fingerprint density at radius 1 is 1.31 bits per heavy atom. The fourth-order valence-corrected chi connectivity index (χ4v) is 1.61. The van der Waals surface area contributed by atoms with Crippen molar-refractivity contribution in [3.63, 3.8) is 0 Å². The highest BCUT2D eigenvalue weighted by atomic mass is 14.7. The van der Waals surface area contributed by atoms with Crippen LogP contribution in [0.3, 0.4) is 0 Å². The van der Waals surface area contributed by atoms with Gasteiger partial charge in [0.05, 0.1) is 6.07 Å². The molecular weight excluding hydrogens is 198 g/mol. The zero-order valence-electron chi connectivity index (χ0n) is 10.4. The van der Waals surface area contributed by atoms with Crippen LogP contribution in [0.15, 0.2) is 16.8 Å². The van der Waals surface area contributed by atoms with Crippen molar-refractivity contribution < 1.29 is 0 Å². The monoisotopic (exact) mass is 217 g/mol. The summed E-state index contributed by atoms with van der Waals surface area (Å²) in [6, 6.07) is 4.21. The molecular formula is C13H19N3. The summed E-state index contributed by atoms with van der Waals surface area (Å²) in [6.07, 6.45) is 3.99. The van der Waals surface area contributed by atoms with Gasteiger partial charge in [0.15, 0.2) is 0 Å². The number of hydrogen-bond acceptors (Lipinski definition) is 3. The summed E-state index contributed by atoms with van der Waals surface area (Å²) in [7, 11) is 0. The third-order valence-electron chi connectivity index (χ3n) is 2.70. The molecule has 0 radical (unpaired) electrons. The largest absolute Gasteiger partial charge is 0.250 e. The van der Waals surface area contributed by atoms with Crippen molar-refractivity contribution >= 4 is 6.21 Å². The van der Waals surface area contributed by atoms with Gasteiger partial charge in [-0.3, -0.25) is 0 Å². The maximum atomic E-state index is 8.75. The highest BCUT2D eigenvalue weighted by Crippen LogP contribution is 2.23. The van der Waals surface area contributed by atoms with Crippen molar-refractivity contribution in [1.29, 1.82) is 10.5 Å². The minimum Gasteiger partial charge on any atom is -0.250 e. The lowest BCUT2D eigenvalue weighted by Gasteiger charge is -2.21. The first-order chi connectivity index (χ1) is 7.56. The van der Waals surface area contributed by atoms with Crippen molar-refractivity contribution in [3.8, 4) is 12.1 Å². The van der Waals surface area contributed by atoms with Crippen LogP contribution in [-0.4, -0.2) is 6.21 Å². The van der Waals surface area contributed by atoms with Crippen LogP contribution < -0.4 is 0 Å². The summed E-state index contributed by atoms with van der Waals surface area (Å²) in [6.45, 7) is 8.03. The molecule has 0 aliphatic carbocycles. The van der Waals surface area contributed by atoms with E-state index in [0.29, 0.717) is 24.0 Å². The number of nitrogens with zero attached hydrogens (tertiary/aromatic N) is 3. The van der Waals surface area contributed by atoms with Gasteiger partial charge < -0.3 is 0 Å². The summed E-state index contributed by atoms with van der Waals surface area (Å²) >= 11 is 0. The zero-order chi connectivity index (χ0) is 12.6. The summed E-state index contributed by atoms with van der Waals surface area (Å²) in [5.41, 5.74) is 0.423. The average molecular weight is 217 g/mol. The van der Waals surface area contributed by atoms with E-state index >= 15 is 0 Å². The van der Waals surface area contributed by atoms with Gasteiger partial charge in [-0.15, -0.1) is 0 Å². The van der Waals surface area contributed by atoms with Crippen LogP contribution in [0.1, 0.15) is 34.1 Å². The Bertz CT molecular complexity index is 339. The Morgan fingerprint density at radius 3 is 2.31 bits per heavy atom. The van der Waals surface area contributed by atoms with E-state index in [9.17, 15) is 0 Å². The van der Waals surface area contributed by atoms with Gasteiger partial charge in [0.25, 0.3) is 0 Å². The lowest BCUT2D eigenvalue weighted by molar-refractivity contribution is 0.337. The molecule has 16 heavy (non-hydrogen) atoms. The van der Waals surface area contributed by atoms with Crippen molar-refractivity contribution in [2.45, 2.75) is 34.1 Å². The molecule has 0 amide bonds. The number of hydrogen-bond donors (Lipinski definition) is 0. The molecule has 2 atom stereocenters. The van der Waals surface area contributed by atoms with Gasteiger partial charge in [-0.1, -0.05) is 26.8 Å². The van der Waals surface area contributed by atoms with Gasteiger partial charge in [0, 0.05) is 12.6 Å². The van der Waals surface area contributed by atoms with E-state index in [4.69, 9.17) is 10.5 Å². The maximum absolute atomic E-state index is 8.75. The Kier molecular flexibility index (Phi) is 6.88. The highest BCUT2D eigenvalue weighted by molar-refractivity contribution is 5.63. The first-order valence-electron chi connectivity index (χ1n) is 5.54. The Morgan fingerprint density at radius 2 is 1.94 bits per heavy atom. The molecule has 3 heteroatoms. The van der Waals surface area contributed by atoms with Crippen LogP contribution >= 0.6 is 0 Å². The number of rotatable bonds is 5. The molecule has 3 nitrogen and oxygen atoms in total. The predicted octanol–water partition coefficient (Wildman–Crippen LogP) is 3.31. The Balaban J connectivity index is 4.61. The van der Waals surface area contributed by atoms with Gasteiger partial charge in [0.2, 0.25) is 0 Å². The van der Waals surface area contributed by atoms with Crippen LogP contribution in [0, 0.1) is 40.4 Å². The highest BCUT2D eigenvalue weighted by Gasteiger charge is 2.19. The minimum absolute atomic E-state index is 0.211. The first-order valence-corrected chi connectivity index (χ1v) is 5.54. The Hall–Kier alpha value is -1.61. The molecule has 86 valence electrons. The molecule has 0 N–H and O–H groups in total. The molecule has 0 aromatic rings. The molecule has 0 saturated carbocycles. The standard InChI is InChI=1S/C13H19N3/c1-5-12(8-15)16-9-11(4)13(6-7-14)10(2)3/h5,9-11,13H,6H2,1-4H3/b12-5-,16-9?. The van der Waals surface area contributed by atoms with Gasteiger partial charge in [-0.25, -0.2) is 4.99 Å². The van der Waals surface area contributed by atoms with Gasteiger partial charge in [0.1, 0.15) is 11.8 Å². The summed E-state index contributed by atoms with van der Waals surface area (Å²) in [5, 5.41) is 17.5.